The highest BCUT2D eigenvalue weighted by Gasteiger charge is 2.13. The lowest BCUT2D eigenvalue weighted by atomic mass is 10.2. The first kappa shape index (κ1) is 14.8. The number of ether oxygens (including phenoxy) is 1. The summed E-state index contributed by atoms with van der Waals surface area (Å²) in [5.74, 6) is 0.168. The minimum absolute atomic E-state index is 0.0530. The van der Waals surface area contributed by atoms with Crippen LogP contribution in [0, 0.1) is 12.7 Å². The zero-order chi connectivity index (χ0) is 14.8. The normalized spacial score (nSPS) is 11.3. The predicted octanol–water partition coefficient (Wildman–Crippen LogP) is 3.64. The summed E-state index contributed by atoms with van der Waals surface area (Å²) in [6.07, 6.45) is 0. The van der Waals surface area contributed by atoms with Crippen LogP contribution in [0.4, 0.5) is 4.39 Å². The van der Waals surface area contributed by atoms with Crippen LogP contribution in [-0.2, 0) is 15.7 Å². The van der Waals surface area contributed by atoms with E-state index in [0.717, 1.165) is 0 Å². The Balaban J connectivity index is 2.14. The fourth-order valence-electron chi connectivity index (χ4n) is 1.78. The van der Waals surface area contributed by atoms with Gasteiger partial charge >= 0.3 is 0 Å². The summed E-state index contributed by atoms with van der Waals surface area (Å²) in [4.78, 5) is 0.0530. The van der Waals surface area contributed by atoms with Gasteiger partial charge in [0.1, 0.15) is 18.2 Å². The van der Waals surface area contributed by atoms with Gasteiger partial charge in [-0.3, -0.25) is 0 Å². The van der Waals surface area contributed by atoms with Crippen LogP contribution in [0.1, 0.15) is 11.1 Å². The molecule has 0 unspecified atom stereocenters. The van der Waals surface area contributed by atoms with Crippen molar-refractivity contribution >= 4 is 19.7 Å². The molecule has 20 heavy (non-hydrogen) atoms. The van der Waals surface area contributed by atoms with E-state index in [2.05, 4.69) is 0 Å². The zero-order valence-electron chi connectivity index (χ0n) is 10.6. The molecule has 106 valence electrons. The van der Waals surface area contributed by atoms with Crippen molar-refractivity contribution in [3.05, 3.63) is 59.4 Å². The second-order valence-corrected chi connectivity index (χ2v) is 6.82. The lowest BCUT2D eigenvalue weighted by Gasteiger charge is -2.09. The first-order valence-electron chi connectivity index (χ1n) is 5.79. The third kappa shape index (κ3) is 3.71. The van der Waals surface area contributed by atoms with Crippen LogP contribution in [0.25, 0.3) is 0 Å². The van der Waals surface area contributed by atoms with E-state index in [0.29, 0.717) is 16.9 Å². The van der Waals surface area contributed by atoms with Crippen LogP contribution < -0.4 is 4.74 Å². The van der Waals surface area contributed by atoms with Crippen molar-refractivity contribution in [3.63, 3.8) is 0 Å². The standard InChI is InChI=1S/C14H12ClFO3S/c1-10-7-13(5-6-14(10)20(15,17)18)19-9-11-3-2-4-12(16)8-11/h2-8H,9H2,1H3. The Morgan fingerprint density at radius 1 is 1.20 bits per heavy atom. The molecule has 0 amide bonds. The van der Waals surface area contributed by atoms with Gasteiger partial charge in [-0.1, -0.05) is 12.1 Å². The summed E-state index contributed by atoms with van der Waals surface area (Å²) in [7, 11) is 1.54. The van der Waals surface area contributed by atoms with Crippen molar-refractivity contribution in [1.82, 2.24) is 0 Å². The fourth-order valence-corrected chi connectivity index (χ4v) is 2.97. The first-order valence-corrected chi connectivity index (χ1v) is 8.10. The second-order valence-electron chi connectivity index (χ2n) is 4.28. The van der Waals surface area contributed by atoms with Gasteiger partial charge in [-0.05, 0) is 48.4 Å². The maximum Gasteiger partial charge on any atom is 0.261 e. The van der Waals surface area contributed by atoms with Gasteiger partial charge in [0.2, 0.25) is 0 Å². The molecule has 2 aromatic rings. The van der Waals surface area contributed by atoms with Gasteiger partial charge in [-0.2, -0.15) is 0 Å². The molecule has 0 atom stereocenters. The van der Waals surface area contributed by atoms with Gasteiger partial charge in [0.25, 0.3) is 9.05 Å². The minimum Gasteiger partial charge on any atom is -0.489 e. The molecule has 6 heteroatoms. The molecule has 0 bridgehead atoms. The Labute approximate surface area is 121 Å². The summed E-state index contributed by atoms with van der Waals surface area (Å²) in [6.45, 7) is 1.83. The summed E-state index contributed by atoms with van der Waals surface area (Å²) >= 11 is 0. The summed E-state index contributed by atoms with van der Waals surface area (Å²) in [6, 6.07) is 10.6. The molecule has 2 aromatic carbocycles. The maximum atomic E-state index is 13.0. The number of hydrogen-bond donors (Lipinski definition) is 0. The number of hydrogen-bond acceptors (Lipinski definition) is 3. The van der Waals surface area contributed by atoms with E-state index in [4.69, 9.17) is 15.4 Å². The molecule has 0 spiro atoms. The predicted molar refractivity (Wildman–Crippen MR) is 74.9 cm³/mol. The van der Waals surface area contributed by atoms with Crippen molar-refractivity contribution < 1.29 is 17.5 Å². The van der Waals surface area contributed by atoms with Gasteiger partial charge < -0.3 is 4.74 Å². The molecule has 0 N–H and O–H groups in total. The van der Waals surface area contributed by atoms with Crippen molar-refractivity contribution in [1.29, 1.82) is 0 Å². The molecule has 0 aliphatic rings. The molecule has 0 heterocycles. The molecular weight excluding hydrogens is 303 g/mol. The maximum absolute atomic E-state index is 13.0. The topological polar surface area (TPSA) is 43.4 Å². The van der Waals surface area contributed by atoms with Gasteiger partial charge in [0.05, 0.1) is 4.90 Å². The van der Waals surface area contributed by atoms with E-state index in [1.807, 2.05) is 0 Å². The van der Waals surface area contributed by atoms with Crippen LogP contribution in [0.5, 0.6) is 5.75 Å². The molecule has 0 aliphatic heterocycles. The van der Waals surface area contributed by atoms with E-state index in [1.54, 1.807) is 25.1 Å². The minimum atomic E-state index is -3.76. The van der Waals surface area contributed by atoms with Crippen LogP contribution in [0.15, 0.2) is 47.4 Å². The monoisotopic (exact) mass is 314 g/mol. The lowest BCUT2D eigenvalue weighted by molar-refractivity contribution is 0.305. The molecule has 0 saturated carbocycles. The van der Waals surface area contributed by atoms with Crippen LogP contribution in [-0.4, -0.2) is 8.42 Å². The average molecular weight is 315 g/mol. The fraction of sp³-hybridized carbons (Fsp3) is 0.143. The second kappa shape index (κ2) is 5.81. The lowest BCUT2D eigenvalue weighted by Crippen LogP contribution is -1.98. The number of rotatable bonds is 4. The van der Waals surface area contributed by atoms with Crippen molar-refractivity contribution in [2.24, 2.45) is 0 Å². The van der Waals surface area contributed by atoms with E-state index < -0.39 is 9.05 Å². The molecule has 3 nitrogen and oxygen atoms in total. The Morgan fingerprint density at radius 2 is 1.95 bits per heavy atom. The molecule has 2 rings (SSSR count). The van der Waals surface area contributed by atoms with Gasteiger partial charge in [-0.15, -0.1) is 0 Å². The SMILES string of the molecule is Cc1cc(OCc2cccc(F)c2)ccc1S(=O)(=O)Cl. The van der Waals surface area contributed by atoms with E-state index >= 15 is 0 Å². The molecule has 0 radical (unpaired) electrons. The van der Waals surface area contributed by atoms with Gasteiger partial charge in [0, 0.05) is 10.7 Å². The Morgan fingerprint density at radius 3 is 2.55 bits per heavy atom. The zero-order valence-corrected chi connectivity index (χ0v) is 12.2. The summed E-state index contributed by atoms with van der Waals surface area (Å²) < 4.78 is 41.0. The third-order valence-corrected chi connectivity index (χ3v) is 4.19. The highest BCUT2D eigenvalue weighted by Crippen LogP contribution is 2.24. The Hall–Kier alpha value is -1.59. The number of aryl methyl sites for hydroxylation is 1. The Kier molecular flexibility index (Phi) is 4.30. The highest BCUT2D eigenvalue weighted by atomic mass is 35.7. The van der Waals surface area contributed by atoms with Crippen LogP contribution >= 0.6 is 10.7 Å². The first-order chi connectivity index (χ1) is 9.36. The molecule has 0 fully saturated rings. The van der Waals surface area contributed by atoms with Crippen molar-refractivity contribution in [2.45, 2.75) is 18.4 Å². The number of halogens is 2. The quantitative estimate of drug-likeness (QED) is 0.809. The van der Waals surface area contributed by atoms with Crippen molar-refractivity contribution in [3.8, 4) is 5.75 Å². The Bertz CT molecular complexity index is 729. The summed E-state index contributed by atoms with van der Waals surface area (Å²) in [5, 5.41) is 0. The smallest absolute Gasteiger partial charge is 0.261 e. The molecule has 0 aromatic heterocycles. The largest absolute Gasteiger partial charge is 0.489 e. The summed E-state index contributed by atoms with van der Waals surface area (Å²) in [5.41, 5.74) is 1.19. The molecule has 0 saturated heterocycles. The molecular formula is C14H12ClFO3S. The average Bonchev–Trinajstić information content (AvgIpc) is 2.35. The molecule has 0 aliphatic carbocycles. The van der Waals surface area contributed by atoms with E-state index in [9.17, 15) is 12.8 Å². The van der Waals surface area contributed by atoms with E-state index in [-0.39, 0.29) is 17.3 Å². The highest BCUT2D eigenvalue weighted by molar-refractivity contribution is 8.13. The number of benzene rings is 2. The van der Waals surface area contributed by atoms with Crippen LogP contribution in [0.3, 0.4) is 0 Å². The van der Waals surface area contributed by atoms with Gasteiger partial charge in [0.15, 0.2) is 0 Å². The third-order valence-electron chi connectivity index (χ3n) is 2.70. The van der Waals surface area contributed by atoms with Crippen LogP contribution in [0.2, 0.25) is 0 Å². The van der Waals surface area contributed by atoms with Crippen molar-refractivity contribution in [2.75, 3.05) is 0 Å². The van der Waals surface area contributed by atoms with E-state index in [1.165, 1.54) is 24.3 Å². The van der Waals surface area contributed by atoms with Gasteiger partial charge in [-0.25, -0.2) is 12.8 Å².